The summed E-state index contributed by atoms with van der Waals surface area (Å²) in [5.41, 5.74) is 7.24. The Balaban J connectivity index is 1.94. The highest BCUT2D eigenvalue weighted by atomic mass is 15.3. The first kappa shape index (κ1) is 10.5. The molecule has 0 saturated carbocycles. The van der Waals surface area contributed by atoms with E-state index in [4.69, 9.17) is 5.73 Å². The molecule has 0 radical (unpaired) electrons. The first-order chi connectivity index (χ1) is 7.74. The molecule has 0 aliphatic rings. The molecule has 2 heterocycles. The van der Waals surface area contributed by atoms with E-state index in [0.29, 0.717) is 5.69 Å². The lowest BCUT2D eigenvalue weighted by molar-refractivity contribution is 0.561. The molecule has 84 valence electrons. The summed E-state index contributed by atoms with van der Waals surface area (Å²) in [6.07, 6.45) is 7.10. The van der Waals surface area contributed by atoms with Gasteiger partial charge in [-0.1, -0.05) is 0 Å². The molecule has 0 aromatic carbocycles. The van der Waals surface area contributed by atoms with Gasteiger partial charge in [0.1, 0.15) is 0 Å². The van der Waals surface area contributed by atoms with Crippen molar-refractivity contribution in [2.75, 3.05) is 11.1 Å². The normalized spacial score (nSPS) is 12.3. The van der Waals surface area contributed by atoms with Crippen molar-refractivity contribution in [2.24, 2.45) is 0 Å². The highest BCUT2D eigenvalue weighted by Gasteiger charge is 2.03. The molecule has 0 bridgehead atoms. The number of hydrogen-bond donors (Lipinski definition) is 2. The molecule has 0 saturated heterocycles. The molecule has 5 heteroatoms. The maximum atomic E-state index is 5.65. The molecule has 0 aliphatic heterocycles. The van der Waals surface area contributed by atoms with Gasteiger partial charge < -0.3 is 11.1 Å². The number of aromatic nitrogens is 3. The van der Waals surface area contributed by atoms with Crippen LogP contribution in [0.15, 0.2) is 36.9 Å². The van der Waals surface area contributed by atoms with E-state index in [2.05, 4.69) is 22.3 Å². The molecule has 2 aromatic rings. The van der Waals surface area contributed by atoms with Crippen LogP contribution >= 0.6 is 0 Å². The first-order valence-corrected chi connectivity index (χ1v) is 5.18. The number of pyridine rings is 1. The smallest absolute Gasteiger partial charge is 0.0608 e. The van der Waals surface area contributed by atoms with E-state index in [0.717, 1.165) is 12.2 Å². The molecule has 2 aromatic heterocycles. The van der Waals surface area contributed by atoms with Gasteiger partial charge in [-0.15, -0.1) is 0 Å². The Morgan fingerprint density at radius 2 is 2.38 bits per heavy atom. The zero-order valence-corrected chi connectivity index (χ0v) is 9.17. The zero-order chi connectivity index (χ0) is 11.4. The monoisotopic (exact) mass is 217 g/mol. The van der Waals surface area contributed by atoms with Crippen LogP contribution in [0.2, 0.25) is 0 Å². The lowest BCUT2D eigenvalue weighted by Gasteiger charge is -2.15. The van der Waals surface area contributed by atoms with Gasteiger partial charge >= 0.3 is 0 Å². The highest BCUT2D eigenvalue weighted by molar-refractivity contribution is 5.51. The number of rotatable bonds is 4. The summed E-state index contributed by atoms with van der Waals surface area (Å²) in [4.78, 5) is 4.02. The lowest BCUT2D eigenvalue weighted by Crippen LogP contribution is -2.22. The molecule has 3 N–H and O–H groups in total. The van der Waals surface area contributed by atoms with Crippen molar-refractivity contribution in [2.45, 2.75) is 19.5 Å². The highest BCUT2D eigenvalue weighted by Crippen LogP contribution is 2.11. The molecule has 0 fully saturated rings. The molecule has 1 unspecified atom stereocenters. The van der Waals surface area contributed by atoms with Crippen LogP contribution in [-0.2, 0) is 6.54 Å². The van der Waals surface area contributed by atoms with Gasteiger partial charge in [0.2, 0.25) is 0 Å². The van der Waals surface area contributed by atoms with Crippen molar-refractivity contribution in [1.29, 1.82) is 0 Å². The van der Waals surface area contributed by atoms with E-state index in [9.17, 15) is 0 Å². The summed E-state index contributed by atoms with van der Waals surface area (Å²) in [6.45, 7) is 2.90. The lowest BCUT2D eigenvalue weighted by atomic mass is 10.3. The summed E-state index contributed by atoms with van der Waals surface area (Å²) < 4.78 is 1.89. The van der Waals surface area contributed by atoms with Gasteiger partial charge in [-0.05, 0) is 19.1 Å². The van der Waals surface area contributed by atoms with Gasteiger partial charge in [-0.2, -0.15) is 5.10 Å². The SMILES string of the molecule is CC(Cn1cccn1)Nc1cncc(N)c1. The average molecular weight is 217 g/mol. The third kappa shape index (κ3) is 2.73. The minimum absolute atomic E-state index is 0.267. The van der Waals surface area contributed by atoms with Gasteiger partial charge in [0.25, 0.3) is 0 Å². The van der Waals surface area contributed by atoms with Gasteiger partial charge in [0, 0.05) is 24.6 Å². The second kappa shape index (κ2) is 4.65. The fourth-order valence-electron chi connectivity index (χ4n) is 1.56. The topological polar surface area (TPSA) is 68.8 Å². The number of nitrogens with zero attached hydrogens (tertiary/aromatic N) is 3. The van der Waals surface area contributed by atoms with E-state index in [1.165, 1.54) is 0 Å². The van der Waals surface area contributed by atoms with Crippen LogP contribution in [0, 0.1) is 0 Å². The Bertz CT molecular complexity index is 437. The summed E-state index contributed by atoms with van der Waals surface area (Å²) >= 11 is 0. The summed E-state index contributed by atoms with van der Waals surface area (Å²) in [5, 5.41) is 7.47. The van der Waals surface area contributed by atoms with Crippen molar-refractivity contribution >= 4 is 11.4 Å². The van der Waals surface area contributed by atoms with Crippen LogP contribution < -0.4 is 11.1 Å². The Morgan fingerprint density at radius 3 is 3.06 bits per heavy atom. The second-order valence-corrected chi connectivity index (χ2v) is 3.78. The number of nitrogens with one attached hydrogen (secondary N) is 1. The number of anilines is 2. The summed E-state index contributed by atoms with van der Waals surface area (Å²) in [5.74, 6) is 0. The molecular formula is C11H15N5. The standard InChI is InChI=1S/C11H15N5/c1-9(8-16-4-2-3-14-16)15-11-5-10(12)6-13-7-11/h2-7,9,15H,8,12H2,1H3. The predicted octanol–water partition coefficient (Wildman–Crippen LogP) is 1.36. The minimum Gasteiger partial charge on any atom is -0.397 e. The van der Waals surface area contributed by atoms with Gasteiger partial charge in [-0.25, -0.2) is 0 Å². The van der Waals surface area contributed by atoms with Crippen molar-refractivity contribution < 1.29 is 0 Å². The van der Waals surface area contributed by atoms with E-state index < -0.39 is 0 Å². The Morgan fingerprint density at radius 1 is 1.50 bits per heavy atom. The van der Waals surface area contributed by atoms with Crippen LogP contribution in [0.1, 0.15) is 6.92 Å². The Hall–Kier alpha value is -2.04. The third-order valence-corrected chi connectivity index (χ3v) is 2.19. The van der Waals surface area contributed by atoms with Crippen LogP contribution in [0.3, 0.4) is 0 Å². The zero-order valence-electron chi connectivity index (χ0n) is 9.17. The second-order valence-electron chi connectivity index (χ2n) is 3.78. The van der Waals surface area contributed by atoms with E-state index in [1.807, 2.05) is 23.0 Å². The number of nitrogens with two attached hydrogens (primary N) is 1. The summed E-state index contributed by atoms with van der Waals surface area (Å²) in [7, 11) is 0. The quantitative estimate of drug-likeness (QED) is 0.811. The van der Waals surface area contributed by atoms with Gasteiger partial charge in [-0.3, -0.25) is 9.67 Å². The van der Waals surface area contributed by atoms with Crippen LogP contribution in [-0.4, -0.2) is 20.8 Å². The molecule has 16 heavy (non-hydrogen) atoms. The number of nitrogen functional groups attached to an aromatic ring is 1. The first-order valence-electron chi connectivity index (χ1n) is 5.18. The molecule has 2 rings (SSSR count). The predicted molar refractivity (Wildman–Crippen MR) is 64.0 cm³/mol. The summed E-state index contributed by atoms with van der Waals surface area (Å²) in [6, 6.07) is 4.05. The Labute approximate surface area is 94.3 Å². The maximum absolute atomic E-state index is 5.65. The largest absolute Gasteiger partial charge is 0.397 e. The van der Waals surface area contributed by atoms with Crippen molar-refractivity contribution in [3.63, 3.8) is 0 Å². The van der Waals surface area contributed by atoms with E-state index in [-0.39, 0.29) is 6.04 Å². The molecule has 0 aliphatic carbocycles. The average Bonchev–Trinajstić information content (AvgIpc) is 2.70. The molecule has 1 atom stereocenters. The van der Waals surface area contributed by atoms with Gasteiger partial charge in [0.15, 0.2) is 0 Å². The van der Waals surface area contributed by atoms with E-state index in [1.54, 1.807) is 18.6 Å². The van der Waals surface area contributed by atoms with Crippen molar-refractivity contribution in [3.05, 3.63) is 36.9 Å². The van der Waals surface area contributed by atoms with E-state index >= 15 is 0 Å². The molecular weight excluding hydrogens is 202 g/mol. The minimum atomic E-state index is 0.267. The maximum Gasteiger partial charge on any atom is 0.0608 e. The molecule has 5 nitrogen and oxygen atoms in total. The molecule has 0 amide bonds. The van der Waals surface area contributed by atoms with Crippen molar-refractivity contribution in [3.8, 4) is 0 Å². The van der Waals surface area contributed by atoms with Crippen LogP contribution in [0.5, 0.6) is 0 Å². The Kier molecular flexibility index (Phi) is 3.05. The fourth-order valence-corrected chi connectivity index (χ4v) is 1.56. The van der Waals surface area contributed by atoms with Crippen LogP contribution in [0.4, 0.5) is 11.4 Å². The third-order valence-electron chi connectivity index (χ3n) is 2.19. The fraction of sp³-hybridized carbons (Fsp3) is 0.273. The van der Waals surface area contributed by atoms with Gasteiger partial charge in [0.05, 0.1) is 24.1 Å². The van der Waals surface area contributed by atoms with Crippen molar-refractivity contribution in [1.82, 2.24) is 14.8 Å². The van der Waals surface area contributed by atoms with Crippen LogP contribution in [0.25, 0.3) is 0 Å². The number of hydrogen-bond acceptors (Lipinski definition) is 4. The molecule has 0 spiro atoms.